The van der Waals surface area contributed by atoms with Crippen LogP contribution in [0.3, 0.4) is 0 Å². The molecule has 1 atom stereocenters. The molecule has 0 aliphatic heterocycles. The summed E-state index contributed by atoms with van der Waals surface area (Å²) in [5, 5.41) is 2.82. The van der Waals surface area contributed by atoms with Crippen LogP contribution in [-0.2, 0) is 0 Å². The molecule has 0 aromatic heterocycles. The third-order valence-electron chi connectivity index (χ3n) is 3.04. The van der Waals surface area contributed by atoms with E-state index in [1.165, 1.54) is 18.2 Å². The second-order valence-electron chi connectivity index (χ2n) is 4.39. The Morgan fingerprint density at radius 1 is 0.947 bits per heavy atom. The lowest BCUT2D eigenvalue weighted by Crippen LogP contribution is -2.20. The monoisotopic (exact) mass is 265 g/mol. The minimum atomic E-state index is -0.956. The van der Waals surface area contributed by atoms with E-state index in [1.54, 1.807) is 19.2 Å². The molecule has 19 heavy (non-hydrogen) atoms. The van der Waals surface area contributed by atoms with Crippen molar-refractivity contribution in [2.75, 3.05) is 7.05 Å². The molecule has 0 spiro atoms. The third kappa shape index (κ3) is 2.63. The predicted molar refractivity (Wildman–Crippen MR) is 68.4 cm³/mol. The summed E-state index contributed by atoms with van der Waals surface area (Å²) in [6.45, 7) is 1.82. The summed E-state index contributed by atoms with van der Waals surface area (Å²) in [6.07, 6.45) is 0. The first-order valence-electron chi connectivity index (χ1n) is 5.92. The third-order valence-corrected chi connectivity index (χ3v) is 3.04. The Morgan fingerprint density at radius 2 is 1.68 bits per heavy atom. The van der Waals surface area contributed by atoms with Gasteiger partial charge in [-0.15, -0.1) is 0 Å². The lowest BCUT2D eigenvalue weighted by atomic mass is 9.96. The normalized spacial score (nSPS) is 12.5. The highest BCUT2D eigenvalue weighted by molar-refractivity contribution is 5.36. The van der Waals surface area contributed by atoms with Crippen molar-refractivity contribution in [2.45, 2.75) is 13.0 Å². The molecule has 0 saturated heterocycles. The topological polar surface area (TPSA) is 12.0 Å². The van der Waals surface area contributed by atoms with Crippen LogP contribution in [0.5, 0.6) is 0 Å². The average Bonchev–Trinajstić information content (AvgIpc) is 2.39. The van der Waals surface area contributed by atoms with Crippen LogP contribution in [0.2, 0.25) is 0 Å². The van der Waals surface area contributed by atoms with E-state index in [1.807, 2.05) is 6.92 Å². The molecule has 1 nitrogen and oxygen atoms in total. The molecule has 0 bridgehead atoms. The summed E-state index contributed by atoms with van der Waals surface area (Å²) in [5.74, 6) is -2.35. The van der Waals surface area contributed by atoms with Gasteiger partial charge in [0.25, 0.3) is 0 Å². The summed E-state index contributed by atoms with van der Waals surface area (Å²) in [6, 6.07) is 7.75. The van der Waals surface area contributed by atoms with Crippen molar-refractivity contribution < 1.29 is 13.2 Å². The molecular weight excluding hydrogens is 251 g/mol. The van der Waals surface area contributed by atoms with Gasteiger partial charge in [0.1, 0.15) is 5.82 Å². The molecule has 0 saturated carbocycles. The predicted octanol–water partition coefficient (Wildman–Crippen LogP) is 3.72. The highest BCUT2D eigenvalue weighted by Crippen LogP contribution is 2.27. The lowest BCUT2D eigenvalue weighted by Gasteiger charge is -2.19. The standard InChI is InChI=1S/C15H14F3N/c1-9-6-7-12(16)11(8-9)15(19-2)10-4-3-5-13(17)14(10)18/h3-8,15,19H,1-2H3. The highest BCUT2D eigenvalue weighted by Gasteiger charge is 2.21. The van der Waals surface area contributed by atoms with Gasteiger partial charge in [0.2, 0.25) is 0 Å². The Balaban J connectivity index is 2.56. The van der Waals surface area contributed by atoms with Crippen molar-refractivity contribution >= 4 is 0 Å². The van der Waals surface area contributed by atoms with Gasteiger partial charge in [0, 0.05) is 11.1 Å². The fraction of sp³-hybridized carbons (Fsp3) is 0.200. The van der Waals surface area contributed by atoms with E-state index in [2.05, 4.69) is 5.32 Å². The number of benzene rings is 2. The van der Waals surface area contributed by atoms with Gasteiger partial charge >= 0.3 is 0 Å². The van der Waals surface area contributed by atoms with Crippen LogP contribution in [0, 0.1) is 24.4 Å². The molecule has 2 aromatic carbocycles. The maximum Gasteiger partial charge on any atom is 0.163 e. The fourth-order valence-corrected chi connectivity index (χ4v) is 2.11. The van der Waals surface area contributed by atoms with Crippen LogP contribution in [0.1, 0.15) is 22.7 Å². The SMILES string of the molecule is CNC(c1cc(C)ccc1F)c1cccc(F)c1F. The minimum Gasteiger partial charge on any atom is -0.309 e. The highest BCUT2D eigenvalue weighted by atomic mass is 19.2. The van der Waals surface area contributed by atoms with E-state index < -0.39 is 23.5 Å². The molecule has 0 fully saturated rings. The van der Waals surface area contributed by atoms with Crippen LogP contribution in [-0.4, -0.2) is 7.05 Å². The largest absolute Gasteiger partial charge is 0.309 e. The molecule has 2 rings (SSSR count). The maximum absolute atomic E-state index is 13.9. The summed E-state index contributed by atoms with van der Waals surface area (Å²) < 4.78 is 41.0. The van der Waals surface area contributed by atoms with E-state index in [4.69, 9.17) is 0 Å². The van der Waals surface area contributed by atoms with Crippen LogP contribution >= 0.6 is 0 Å². The Labute approximate surface area is 110 Å². The summed E-state index contributed by atoms with van der Waals surface area (Å²) in [5.41, 5.74) is 1.24. The number of rotatable bonds is 3. The Bertz CT molecular complexity index is 594. The van der Waals surface area contributed by atoms with Crippen LogP contribution < -0.4 is 5.32 Å². The van der Waals surface area contributed by atoms with E-state index >= 15 is 0 Å². The summed E-state index contributed by atoms with van der Waals surface area (Å²) in [7, 11) is 1.58. The average molecular weight is 265 g/mol. The Hall–Kier alpha value is -1.81. The summed E-state index contributed by atoms with van der Waals surface area (Å²) in [4.78, 5) is 0. The van der Waals surface area contributed by atoms with Gasteiger partial charge in [0.05, 0.1) is 6.04 Å². The number of hydrogen-bond donors (Lipinski definition) is 1. The first-order valence-corrected chi connectivity index (χ1v) is 5.92. The molecule has 0 aliphatic rings. The van der Waals surface area contributed by atoms with Gasteiger partial charge in [-0.25, -0.2) is 13.2 Å². The van der Waals surface area contributed by atoms with Crippen molar-refractivity contribution in [1.29, 1.82) is 0 Å². The number of halogens is 3. The zero-order valence-electron chi connectivity index (χ0n) is 10.7. The van der Waals surface area contributed by atoms with E-state index in [-0.39, 0.29) is 5.56 Å². The number of hydrogen-bond acceptors (Lipinski definition) is 1. The molecular formula is C15H14F3N. The first kappa shape index (κ1) is 13.6. The van der Waals surface area contributed by atoms with Gasteiger partial charge in [-0.05, 0) is 26.1 Å². The molecule has 1 unspecified atom stereocenters. The van der Waals surface area contributed by atoms with Gasteiger partial charge in [-0.2, -0.15) is 0 Å². The van der Waals surface area contributed by atoms with Crippen LogP contribution in [0.15, 0.2) is 36.4 Å². The van der Waals surface area contributed by atoms with Gasteiger partial charge in [-0.3, -0.25) is 0 Å². The van der Waals surface area contributed by atoms with Crippen molar-refractivity contribution in [3.8, 4) is 0 Å². The number of aryl methyl sites for hydroxylation is 1. The summed E-state index contributed by atoms with van der Waals surface area (Å²) >= 11 is 0. The van der Waals surface area contributed by atoms with Crippen molar-refractivity contribution in [1.82, 2.24) is 5.32 Å². The lowest BCUT2D eigenvalue weighted by molar-refractivity contribution is 0.482. The number of nitrogens with one attached hydrogen (secondary N) is 1. The minimum absolute atomic E-state index is 0.0898. The van der Waals surface area contributed by atoms with Crippen LogP contribution in [0.25, 0.3) is 0 Å². The molecule has 0 radical (unpaired) electrons. The van der Waals surface area contributed by atoms with Crippen molar-refractivity contribution in [3.05, 3.63) is 70.5 Å². The second-order valence-corrected chi connectivity index (χ2v) is 4.39. The first-order chi connectivity index (χ1) is 9.04. The Kier molecular flexibility index (Phi) is 3.90. The molecule has 4 heteroatoms. The Morgan fingerprint density at radius 3 is 2.37 bits per heavy atom. The van der Waals surface area contributed by atoms with Gasteiger partial charge in [-0.1, -0.05) is 29.8 Å². The molecule has 0 aliphatic carbocycles. The van der Waals surface area contributed by atoms with E-state index in [0.717, 1.165) is 11.6 Å². The molecule has 1 N–H and O–H groups in total. The zero-order valence-corrected chi connectivity index (χ0v) is 10.7. The second kappa shape index (κ2) is 5.45. The molecule has 0 heterocycles. The van der Waals surface area contributed by atoms with Crippen LogP contribution in [0.4, 0.5) is 13.2 Å². The maximum atomic E-state index is 13.9. The van der Waals surface area contributed by atoms with E-state index in [9.17, 15) is 13.2 Å². The molecule has 100 valence electrons. The molecule has 0 amide bonds. The molecule has 2 aromatic rings. The fourth-order valence-electron chi connectivity index (χ4n) is 2.11. The van der Waals surface area contributed by atoms with Gasteiger partial charge < -0.3 is 5.32 Å². The quantitative estimate of drug-likeness (QED) is 0.891. The van der Waals surface area contributed by atoms with Crippen molar-refractivity contribution in [3.63, 3.8) is 0 Å². The van der Waals surface area contributed by atoms with E-state index in [0.29, 0.717) is 5.56 Å². The smallest absolute Gasteiger partial charge is 0.163 e. The zero-order chi connectivity index (χ0) is 14.0. The van der Waals surface area contributed by atoms with Gasteiger partial charge in [0.15, 0.2) is 11.6 Å². The van der Waals surface area contributed by atoms with Crippen molar-refractivity contribution in [2.24, 2.45) is 0 Å².